The molecule has 0 atom stereocenters. The monoisotopic (exact) mass is 476 g/mol. The van der Waals surface area contributed by atoms with Gasteiger partial charge in [-0.1, -0.05) is 38.8 Å². The summed E-state index contributed by atoms with van der Waals surface area (Å²) in [6.07, 6.45) is 3.42. The van der Waals surface area contributed by atoms with Gasteiger partial charge in [-0.05, 0) is 44.1 Å². The highest BCUT2D eigenvalue weighted by molar-refractivity contribution is 14.0. The van der Waals surface area contributed by atoms with E-state index >= 15 is 0 Å². The summed E-state index contributed by atoms with van der Waals surface area (Å²) < 4.78 is 5.76. The molecule has 1 aromatic rings. The van der Waals surface area contributed by atoms with E-state index in [1.807, 2.05) is 19.2 Å². The lowest BCUT2D eigenvalue weighted by Gasteiger charge is -2.17. The molecule has 0 aliphatic heterocycles. The molecule has 150 valence electrons. The minimum Gasteiger partial charge on any atom is -0.494 e. The standard InChI is InChI=1S/C20H36N4O.HI/c1-6-17(7-2)15-22-20(21-3)23-16-18-9-11-19(12-10-18)25-14-8-13-24(4)5;/h9-12,17H,6-8,13-16H2,1-5H3,(H2,21,22,23);1H. The maximum absolute atomic E-state index is 5.76. The van der Waals surface area contributed by atoms with E-state index in [1.54, 1.807) is 0 Å². The summed E-state index contributed by atoms with van der Waals surface area (Å²) in [5, 5.41) is 6.77. The molecule has 0 radical (unpaired) electrons. The number of guanidine groups is 1. The predicted octanol–water partition coefficient (Wildman–Crippen LogP) is 3.74. The third-order valence-corrected chi connectivity index (χ3v) is 4.34. The first-order valence-corrected chi connectivity index (χ1v) is 9.40. The Labute approximate surface area is 177 Å². The molecule has 0 fully saturated rings. The van der Waals surface area contributed by atoms with Crippen LogP contribution in [-0.2, 0) is 6.54 Å². The molecule has 1 aromatic carbocycles. The van der Waals surface area contributed by atoms with Gasteiger partial charge in [0, 0.05) is 26.7 Å². The van der Waals surface area contributed by atoms with Gasteiger partial charge >= 0.3 is 0 Å². The second kappa shape index (κ2) is 15.1. The largest absolute Gasteiger partial charge is 0.494 e. The Morgan fingerprint density at radius 2 is 1.77 bits per heavy atom. The number of benzene rings is 1. The number of nitrogens with one attached hydrogen (secondary N) is 2. The minimum absolute atomic E-state index is 0. The molecular weight excluding hydrogens is 439 g/mol. The lowest BCUT2D eigenvalue weighted by molar-refractivity contribution is 0.281. The van der Waals surface area contributed by atoms with Crippen LogP contribution in [0.4, 0.5) is 0 Å². The number of nitrogens with zero attached hydrogens (tertiary/aromatic N) is 2. The Bertz CT molecular complexity index is 487. The Hall–Kier alpha value is -1.02. The summed E-state index contributed by atoms with van der Waals surface area (Å²) in [6.45, 7) is 7.98. The van der Waals surface area contributed by atoms with Gasteiger partial charge < -0.3 is 20.3 Å². The summed E-state index contributed by atoms with van der Waals surface area (Å²) in [5.74, 6) is 2.48. The Morgan fingerprint density at radius 1 is 1.12 bits per heavy atom. The van der Waals surface area contributed by atoms with Gasteiger partial charge in [0.25, 0.3) is 0 Å². The van der Waals surface area contributed by atoms with Gasteiger partial charge in [-0.15, -0.1) is 24.0 Å². The lowest BCUT2D eigenvalue weighted by atomic mass is 10.0. The van der Waals surface area contributed by atoms with Crippen molar-refractivity contribution in [1.29, 1.82) is 0 Å². The van der Waals surface area contributed by atoms with E-state index in [2.05, 4.69) is 60.6 Å². The highest BCUT2D eigenvalue weighted by atomic mass is 127. The van der Waals surface area contributed by atoms with Gasteiger partial charge in [-0.25, -0.2) is 0 Å². The van der Waals surface area contributed by atoms with Crippen LogP contribution in [0.2, 0.25) is 0 Å². The summed E-state index contributed by atoms with van der Waals surface area (Å²) >= 11 is 0. The van der Waals surface area contributed by atoms with Crippen LogP contribution >= 0.6 is 24.0 Å². The van der Waals surface area contributed by atoms with Crippen molar-refractivity contribution in [3.63, 3.8) is 0 Å². The van der Waals surface area contributed by atoms with Crippen molar-refractivity contribution in [3.05, 3.63) is 29.8 Å². The number of ether oxygens (including phenoxy) is 1. The van der Waals surface area contributed by atoms with Gasteiger partial charge in [0.2, 0.25) is 0 Å². The molecule has 0 spiro atoms. The number of halogens is 1. The van der Waals surface area contributed by atoms with Gasteiger partial charge in [-0.3, -0.25) is 4.99 Å². The van der Waals surface area contributed by atoms with Crippen molar-refractivity contribution in [2.24, 2.45) is 10.9 Å². The van der Waals surface area contributed by atoms with E-state index in [1.165, 1.54) is 18.4 Å². The van der Waals surface area contributed by atoms with Crippen LogP contribution in [0.3, 0.4) is 0 Å². The van der Waals surface area contributed by atoms with Crippen molar-refractivity contribution < 1.29 is 4.74 Å². The van der Waals surface area contributed by atoms with E-state index in [9.17, 15) is 0 Å². The second-order valence-electron chi connectivity index (χ2n) is 6.64. The molecule has 0 aliphatic carbocycles. The molecule has 0 saturated heterocycles. The van der Waals surface area contributed by atoms with Crippen LogP contribution < -0.4 is 15.4 Å². The average molecular weight is 476 g/mol. The van der Waals surface area contributed by atoms with Crippen molar-refractivity contribution >= 4 is 29.9 Å². The molecule has 2 N–H and O–H groups in total. The Morgan fingerprint density at radius 3 is 2.31 bits per heavy atom. The predicted molar refractivity (Wildman–Crippen MR) is 123 cm³/mol. The van der Waals surface area contributed by atoms with Gasteiger partial charge in [-0.2, -0.15) is 0 Å². The fourth-order valence-electron chi connectivity index (χ4n) is 2.50. The van der Waals surface area contributed by atoms with Gasteiger partial charge in [0.1, 0.15) is 5.75 Å². The fourth-order valence-corrected chi connectivity index (χ4v) is 2.50. The van der Waals surface area contributed by atoms with Crippen molar-refractivity contribution in [2.75, 3.05) is 40.8 Å². The summed E-state index contributed by atoms with van der Waals surface area (Å²) in [4.78, 5) is 6.46. The van der Waals surface area contributed by atoms with Crippen LogP contribution in [0, 0.1) is 5.92 Å². The molecule has 0 aliphatic rings. The Balaban J connectivity index is 0.00000625. The third kappa shape index (κ3) is 10.9. The fraction of sp³-hybridized carbons (Fsp3) is 0.650. The van der Waals surface area contributed by atoms with Crippen LogP contribution in [0.5, 0.6) is 5.75 Å². The molecule has 0 heterocycles. The first-order chi connectivity index (χ1) is 12.1. The quantitative estimate of drug-likeness (QED) is 0.221. The van der Waals surface area contributed by atoms with E-state index in [-0.39, 0.29) is 24.0 Å². The number of hydrogen-bond donors (Lipinski definition) is 2. The zero-order chi connectivity index (χ0) is 18.5. The summed E-state index contributed by atoms with van der Waals surface area (Å²) in [5.41, 5.74) is 1.21. The Kier molecular flexibility index (Phi) is 14.5. The zero-order valence-corrected chi connectivity index (χ0v) is 19.4. The molecule has 0 saturated carbocycles. The molecule has 1 rings (SSSR count). The molecule has 0 aromatic heterocycles. The van der Waals surface area contributed by atoms with Gasteiger partial charge in [0.15, 0.2) is 5.96 Å². The number of rotatable bonds is 11. The van der Waals surface area contributed by atoms with E-state index in [4.69, 9.17) is 4.74 Å². The molecule has 26 heavy (non-hydrogen) atoms. The van der Waals surface area contributed by atoms with E-state index in [0.717, 1.165) is 44.4 Å². The van der Waals surface area contributed by atoms with E-state index in [0.29, 0.717) is 5.92 Å². The number of aliphatic imine (C=N–C) groups is 1. The molecule has 5 nitrogen and oxygen atoms in total. The van der Waals surface area contributed by atoms with Gasteiger partial charge in [0.05, 0.1) is 6.61 Å². The first-order valence-electron chi connectivity index (χ1n) is 9.40. The molecule has 0 bridgehead atoms. The maximum atomic E-state index is 5.76. The normalized spacial score (nSPS) is 11.4. The minimum atomic E-state index is 0. The van der Waals surface area contributed by atoms with Crippen molar-refractivity contribution in [3.8, 4) is 5.75 Å². The number of hydrogen-bond acceptors (Lipinski definition) is 3. The molecule has 6 heteroatoms. The smallest absolute Gasteiger partial charge is 0.191 e. The summed E-state index contributed by atoms with van der Waals surface area (Å²) in [7, 11) is 5.97. The molecule has 0 unspecified atom stereocenters. The first kappa shape index (κ1) is 25.0. The lowest BCUT2D eigenvalue weighted by Crippen LogP contribution is -2.39. The summed E-state index contributed by atoms with van der Waals surface area (Å²) in [6, 6.07) is 8.27. The highest BCUT2D eigenvalue weighted by Gasteiger charge is 2.05. The van der Waals surface area contributed by atoms with Crippen molar-refractivity contribution in [2.45, 2.75) is 39.7 Å². The molecule has 0 amide bonds. The van der Waals surface area contributed by atoms with Crippen molar-refractivity contribution in [1.82, 2.24) is 15.5 Å². The third-order valence-electron chi connectivity index (χ3n) is 4.34. The topological polar surface area (TPSA) is 48.9 Å². The highest BCUT2D eigenvalue weighted by Crippen LogP contribution is 2.12. The van der Waals surface area contributed by atoms with Crippen LogP contribution in [0.1, 0.15) is 38.7 Å². The van der Waals surface area contributed by atoms with Crippen LogP contribution in [0.15, 0.2) is 29.3 Å². The average Bonchev–Trinajstić information content (AvgIpc) is 2.63. The molecular formula is C20H37IN4O. The zero-order valence-electron chi connectivity index (χ0n) is 17.0. The SMILES string of the molecule is CCC(CC)CNC(=NC)NCc1ccc(OCCCN(C)C)cc1.I. The second-order valence-corrected chi connectivity index (χ2v) is 6.64. The maximum Gasteiger partial charge on any atom is 0.191 e. The van der Waals surface area contributed by atoms with E-state index < -0.39 is 0 Å². The van der Waals surface area contributed by atoms with Crippen LogP contribution in [0.25, 0.3) is 0 Å². The van der Waals surface area contributed by atoms with Crippen LogP contribution in [-0.4, -0.2) is 51.7 Å².